The van der Waals surface area contributed by atoms with Gasteiger partial charge in [-0.3, -0.25) is 9.59 Å². The van der Waals surface area contributed by atoms with Gasteiger partial charge in [-0.2, -0.15) is 0 Å². The van der Waals surface area contributed by atoms with Crippen LogP contribution in [-0.2, 0) is 9.59 Å². The van der Waals surface area contributed by atoms with Crippen molar-refractivity contribution < 1.29 is 19.8 Å². The summed E-state index contributed by atoms with van der Waals surface area (Å²) in [7, 11) is 0. The maximum atomic E-state index is 11.6. The molecule has 0 heterocycles. The maximum absolute atomic E-state index is 11.6. The van der Waals surface area contributed by atoms with Crippen molar-refractivity contribution in [1.29, 1.82) is 0 Å². The molecule has 5 heteroatoms. The molecule has 1 amide bonds. The third-order valence-corrected chi connectivity index (χ3v) is 3.77. The van der Waals surface area contributed by atoms with E-state index in [9.17, 15) is 14.7 Å². The van der Waals surface area contributed by atoms with E-state index in [2.05, 4.69) is 5.32 Å². The van der Waals surface area contributed by atoms with Crippen LogP contribution in [0.4, 0.5) is 0 Å². The Morgan fingerprint density at radius 3 is 2.50 bits per heavy atom. The largest absolute Gasteiger partial charge is 0.481 e. The normalized spacial score (nSPS) is 18.8. The molecule has 0 aromatic rings. The number of rotatable bonds is 8. The van der Waals surface area contributed by atoms with Gasteiger partial charge in [0.15, 0.2) is 0 Å². The first-order valence-electron chi connectivity index (χ1n) is 6.68. The van der Waals surface area contributed by atoms with Crippen LogP contribution in [0, 0.1) is 5.41 Å². The molecule has 0 aromatic carbocycles. The number of hydrogen-bond acceptors (Lipinski definition) is 3. The van der Waals surface area contributed by atoms with E-state index in [1.165, 1.54) is 0 Å². The maximum Gasteiger partial charge on any atom is 0.310 e. The van der Waals surface area contributed by atoms with Crippen molar-refractivity contribution >= 4 is 11.9 Å². The highest BCUT2D eigenvalue weighted by molar-refractivity contribution is 5.85. The average molecular weight is 257 g/mol. The fourth-order valence-corrected chi connectivity index (χ4v) is 2.21. The molecule has 18 heavy (non-hydrogen) atoms. The summed E-state index contributed by atoms with van der Waals surface area (Å²) in [6.45, 7) is 2.42. The van der Waals surface area contributed by atoms with Gasteiger partial charge in [0.1, 0.15) is 0 Å². The van der Waals surface area contributed by atoms with Crippen LogP contribution in [0.1, 0.15) is 51.9 Å². The zero-order valence-corrected chi connectivity index (χ0v) is 10.9. The van der Waals surface area contributed by atoms with Gasteiger partial charge < -0.3 is 15.5 Å². The lowest BCUT2D eigenvalue weighted by molar-refractivity contribution is -0.157. The van der Waals surface area contributed by atoms with E-state index < -0.39 is 11.4 Å². The predicted octanol–water partition coefficient (Wildman–Crippen LogP) is 1.30. The molecule has 1 fully saturated rings. The molecule has 1 unspecified atom stereocenters. The molecule has 0 radical (unpaired) electrons. The molecule has 1 aliphatic carbocycles. The number of carboxylic acids is 1. The Balaban J connectivity index is 2.19. The van der Waals surface area contributed by atoms with Crippen LogP contribution in [0.2, 0.25) is 0 Å². The number of aliphatic hydroxyl groups is 1. The molecule has 3 N–H and O–H groups in total. The third kappa shape index (κ3) is 3.98. The van der Waals surface area contributed by atoms with E-state index in [0.29, 0.717) is 25.8 Å². The SMILES string of the molecule is CCC(O)CCCNC(=O)CC1(C(=O)O)CCC1. The van der Waals surface area contributed by atoms with Crippen molar-refractivity contribution in [3.8, 4) is 0 Å². The number of carboxylic acid groups (broad SMARTS) is 1. The molecular formula is C13H23NO4. The Morgan fingerprint density at radius 1 is 1.39 bits per heavy atom. The Hall–Kier alpha value is -1.10. The zero-order valence-electron chi connectivity index (χ0n) is 10.9. The molecule has 1 atom stereocenters. The summed E-state index contributed by atoms with van der Waals surface area (Å²) in [6.07, 6.45) is 3.98. The lowest BCUT2D eigenvalue weighted by Gasteiger charge is -2.36. The van der Waals surface area contributed by atoms with Gasteiger partial charge in [-0.05, 0) is 32.1 Å². The van der Waals surface area contributed by atoms with E-state index >= 15 is 0 Å². The third-order valence-electron chi connectivity index (χ3n) is 3.77. The molecule has 0 aromatic heterocycles. The highest BCUT2D eigenvalue weighted by Gasteiger charge is 2.45. The quantitative estimate of drug-likeness (QED) is 0.572. The van der Waals surface area contributed by atoms with Crippen molar-refractivity contribution in [3.05, 3.63) is 0 Å². The number of aliphatic hydroxyl groups excluding tert-OH is 1. The van der Waals surface area contributed by atoms with E-state index in [4.69, 9.17) is 5.11 Å². The highest BCUT2D eigenvalue weighted by Crippen LogP contribution is 2.44. The Bertz CT molecular complexity index is 299. The topological polar surface area (TPSA) is 86.6 Å². The van der Waals surface area contributed by atoms with Gasteiger partial charge >= 0.3 is 5.97 Å². The van der Waals surface area contributed by atoms with Gasteiger partial charge in [0, 0.05) is 13.0 Å². The summed E-state index contributed by atoms with van der Waals surface area (Å²) in [5, 5.41) is 21.2. The molecule has 104 valence electrons. The first-order valence-corrected chi connectivity index (χ1v) is 6.68. The fourth-order valence-electron chi connectivity index (χ4n) is 2.21. The predicted molar refractivity (Wildman–Crippen MR) is 67.1 cm³/mol. The number of carbonyl (C=O) groups is 2. The standard InChI is InChI=1S/C13H23NO4/c1-2-10(15)5-3-8-14-11(16)9-13(12(17)18)6-4-7-13/h10,15H,2-9H2,1H3,(H,14,16)(H,17,18). The highest BCUT2D eigenvalue weighted by atomic mass is 16.4. The minimum Gasteiger partial charge on any atom is -0.481 e. The second kappa shape index (κ2) is 6.73. The zero-order chi connectivity index (χ0) is 13.6. The van der Waals surface area contributed by atoms with E-state index in [1.807, 2.05) is 6.92 Å². The van der Waals surface area contributed by atoms with E-state index in [1.54, 1.807) is 0 Å². The van der Waals surface area contributed by atoms with Crippen LogP contribution < -0.4 is 5.32 Å². The molecule has 1 saturated carbocycles. The molecule has 5 nitrogen and oxygen atoms in total. The number of amides is 1. The molecule has 0 bridgehead atoms. The number of aliphatic carboxylic acids is 1. The summed E-state index contributed by atoms with van der Waals surface area (Å²) in [5.74, 6) is -1.05. The van der Waals surface area contributed by atoms with Crippen LogP contribution in [0.3, 0.4) is 0 Å². The second-order valence-corrected chi connectivity index (χ2v) is 5.17. The smallest absolute Gasteiger partial charge is 0.310 e. The van der Waals surface area contributed by atoms with E-state index in [-0.39, 0.29) is 18.4 Å². The Morgan fingerprint density at radius 2 is 2.06 bits per heavy atom. The molecule has 0 spiro atoms. The van der Waals surface area contributed by atoms with Crippen molar-refractivity contribution in [2.45, 2.75) is 58.0 Å². The van der Waals surface area contributed by atoms with Crippen molar-refractivity contribution in [2.75, 3.05) is 6.54 Å². The summed E-state index contributed by atoms with van der Waals surface area (Å²) in [5.41, 5.74) is -0.812. The van der Waals surface area contributed by atoms with Crippen LogP contribution >= 0.6 is 0 Å². The summed E-state index contributed by atoms with van der Waals surface area (Å²) < 4.78 is 0. The van der Waals surface area contributed by atoms with Gasteiger partial charge in [-0.25, -0.2) is 0 Å². The van der Waals surface area contributed by atoms with Crippen molar-refractivity contribution in [3.63, 3.8) is 0 Å². The molecular weight excluding hydrogens is 234 g/mol. The van der Waals surface area contributed by atoms with Crippen LogP contribution in [0.25, 0.3) is 0 Å². The minimum atomic E-state index is -0.856. The van der Waals surface area contributed by atoms with Crippen molar-refractivity contribution in [1.82, 2.24) is 5.32 Å². The summed E-state index contributed by atoms with van der Waals surface area (Å²) >= 11 is 0. The number of carbonyl (C=O) groups excluding carboxylic acids is 1. The molecule has 0 aliphatic heterocycles. The molecule has 0 saturated heterocycles. The first-order chi connectivity index (χ1) is 8.50. The lowest BCUT2D eigenvalue weighted by atomic mass is 9.66. The average Bonchev–Trinajstić information content (AvgIpc) is 2.28. The lowest BCUT2D eigenvalue weighted by Crippen LogP contribution is -2.42. The van der Waals surface area contributed by atoms with Crippen LogP contribution in [0.5, 0.6) is 0 Å². The summed E-state index contributed by atoms with van der Waals surface area (Å²) in [6, 6.07) is 0. The van der Waals surface area contributed by atoms with Gasteiger partial charge in [-0.1, -0.05) is 13.3 Å². The van der Waals surface area contributed by atoms with Crippen LogP contribution in [-0.4, -0.2) is 34.7 Å². The Labute approximate surface area is 108 Å². The molecule has 1 aliphatic rings. The minimum absolute atomic E-state index is 0.0820. The summed E-state index contributed by atoms with van der Waals surface area (Å²) in [4.78, 5) is 22.7. The van der Waals surface area contributed by atoms with Gasteiger partial charge in [-0.15, -0.1) is 0 Å². The number of hydrogen-bond donors (Lipinski definition) is 3. The Kier molecular flexibility index (Phi) is 5.59. The monoisotopic (exact) mass is 257 g/mol. The van der Waals surface area contributed by atoms with Crippen LogP contribution in [0.15, 0.2) is 0 Å². The van der Waals surface area contributed by atoms with Crippen molar-refractivity contribution in [2.24, 2.45) is 5.41 Å². The second-order valence-electron chi connectivity index (χ2n) is 5.17. The first kappa shape index (κ1) is 15.0. The molecule has 1 rings (SSSR count). The van der Waals surface area contributed by atoms with Gasteiger partial charge in [0.2, 0.25) is 5.91 Å². The fraction of sp³-hybridized carbons (Fsp3) is 0.846. The van der Waals surface area contributed by atoms with Gasteiger partial charge in [0.05, 0.1) is 11.5 Å². The van der Waals surface area contributed by atoms with Gasteiger partial charge in [0.25, 0.3) is 0 Å². The van der Waals surface area contributed by atoms with E-state index in [0.717, 1.165) is 19.3 Å². The number of nitrogens with one attached hydrogen (secondary N) is 1.